The van der Waals surface area contributed by atoms with Crippen molar-refractivity contribution in [3.63, 3.8) is 0 Å². The number of hydrazine groups is 1. The summed E-state index contributed by atoms with van der Waals surface area (Å²) >= 11 is 2.96. The maximum absolute atomic E-state index is 13.2. The summed E-state index contributed by atoms with van der Waals surface area (Å²) in [6.07, 6.45) is 8.87. The van der Waals surface area contributed by atoms with Crippen LogP contribution in [0.15, 0.2) is 21.7 Å². The lowest BCUT2D eigenvalue weighted by atomic mass is 10.0. The number of carbonyl (C=O) groups excluding carboxylic acids is 3. The molecule has 2 amide bonds. The van der Waals surface area contributed by atoms with Crippen LogP contribution in [0.3, 0.4) is 0 Å². The van der Waals surface area contributed by atoms with Crippen LogP contribution in [-0.4, -0.2) is 46.6 Å². The molecule has 0 radical (unpaired) electrons. The van der Waals surface area contributed by atoms with E-state index in [1.54, 1.807) is 23.9 Å². The van der Waals surface area contributed by atoms with Crippen LogP contribution in [0.4, 0.5) is 0 Å². The van der Waals surface area contributed by atoms with Crippen molar-refractivity contribution < 1.29 is 19.1 Å². The Morgan fingerprint density at radius 1 is 1.35 bits per heavy atom. The molecule has 1 atom stereocenters. The molecule has 3 aliphatic rings. The van der Waals surface area contributed by atoms with Crippen LogP contribution in [0.5, 0.6) is 0 Å². The zero-order chi connectivity index (χ0) is 18.7. The number of nitrogens with zero attached hydrogens (tertiary/aromatic N) is 2. The predicted octanol–water partition coefficient (Wildman–Crippen LogP) is 2.38. The average Bonchev–Trinajstić information content (AvgIpc) is 2.81. The topological polar surface area (TPSA) is 78.9 Å². The number of carbonyl (C=O) groups is 3. The number of hydrogen-bond donors (Lipinski definition) is 1. The summed E-state index contributed by atoms with van der Waals surface area (Å²) in [6, 6.07) is 0. The molecule has 0 saturated heterocycles. The van der Waals surface area contributed by atoms with Crippen LogP contribution in [0, 0.1) is 5.92 Å². The minimum Gasteiger partial charge on any atom is -0.465 e. The van der Waals surface area contributed by atoms with Gasteiger partial charge in [0, 0.05) is 28.0 Å². The highest BCUT2D eigenvalue weighted by Gasteiger charge is 2.45. The molecule has 26 heavy (non-hydrogen) atoms. The Morgan fingerprint density at radius 3 is 2.85 bits per heavy atom. The lowest BCUT2D eigenvalue weighted by molar-refractivity contribution is -0.148. The fourth-order valence-corrected chi connectivity index (χ4v) is 5.16. The molecule has 9 heteroatoms. The number of thioether (sulfide) groups is 1. The van der Waals surface area contributed by atoms with E-state index >= 15 is 0 Å². The van der Waals surface area contributed by atoms with E-state index in [0.29, 0.717) is 4.91 Å². The van der Waals surface area contributed by atoms with Gasteiger partial charge in [-0.1, -0.05) is 6.42 Å². The van der Waals surface area contributed by atoms with Crippen molar-refractivity contribution in [1.29, 1.82) is 0 Å². The third-order valence-corrected chi connectivity index (χ3v) is 6.41. The molecule has 0 spiro atoms. The maximum Gasteiger partial charge on any atom is 0.325 e. The third kappa shape index (κ3) is 3.73. The standard InChI is InChI=1S/C17H23N3O4S2/c1-3-24-14(21)9-18-16(22)15-13(25-2)10-19-20(17(15)23)11-7-5-4-6-8-12(11)26-19/h10,15H,3-9H2,1-2H3,(H,18,22). The summed E-state index contributed by atoms with van der Waals surface area (Å²) < 4.78 is 6.67. The molecule has 0 saturated carbocycles. The van der Waals surface area contributed by atoms with Gasteiger partial charge in [0.1, 0.15) is 6.54 Å². The van der Waals surface area contributed by atoms with Gasteiger partial charge < -0.3 is 10.1 Å². The highest BCUT2D eigenvalue weighted by molar-refractivity contribution is 8.02. The first-order valence-electron chi connectivity index (χ1n) is 8.79. The Kier molecular flexibility index (Phi) is 6.18. The maximum atomic E-state index is 13.2. The molecule has 0 aromatic rings. The van der Waals surface area contributed by atoms with Crippen molar-refractivity contribution in [1.82, 2.24) is 14.7 Å². The Hall–Kier alpha value is -1.61. The first kappa shape index (κ1) is 19.2. The van der Waals surface area contributed by atoms with Gasteiger partial charge in [-0.3, -0.25) is 14.4 Å². The van der Waals surface area contributed by atoms with Crippen LogP contribution in [0.25, 0.3) is 0 Å². The fourth-order valence-electron chi connectivity index (χ4n) is 3.26. The Morgan fingerprint density at radius 2 is 2.12 bits per heavy atom. The first-order chi connectivity index (χ1) is 12.6. The van der Waals surface area contributed by atoms with Gasteiger partial charge in [-0.05, 0) is 38.9 Å². The van der Waals surface area contributed by atoms with Crippen LogP contribution >= 0.6 is 23.7 Å². The van der Waals surface area contributed by atoms with Crippen LogP contribution < -0.4 is 5.32 Å². The lowest BCUT2D eigenvalue weighted by Crippen LogP contribution is -2.50. The van der Waals surface area contributed by atoms with E-state index in [9.17, 15) is 14.4 Å². The van der Waals surface area contributed by atoms with E-state index in [0.717, 1.165) is 37.8 Å². The number of hydrogen-bond acceptors (Lipinski definition) is 7. The van der Waals surface area contributed by atoms with Gasteiger partial charge in [-0.15, -0.1) is 11.8 Å². The molecule has 1 aliphatic carbocycles. The predicted molar refractivity (Wildman–Crippen MR) is 101 cm³/mol. The summed E-state index contributed by atoms with van der Waals surface area (Å²) in [5, 5.41) is 4.19. The Balaban J connectivity index is 1.79. The molecular formula is C17H23N3O4S2. The molecule has 7 nitrogen and oxygen atoms in total. The van der Waals surface area contributed by atoms with Gasteiger partial charge in [0.15, 0.2) is 5.92 Å². The second-order valence-electron chi connectivity index (χ2n) is 6.17. The molecule has 1 unspecified atom stereocenters. The van der Waals surface area contributed by atoms with Gasteiger partial charge in [0.05, 0.1) is 12.3 Å². The molecule has 0 aromatic heterocycles. The quantitative estimate of drug-likeness (QED) is 0.433. The van der Waals surface area contributed by atoms with Crippen molar-refractivity contribution in [2.45, 2.75) is 39.0 Å². The summed E-state index contributed by atoms with van der Waals surface area (Å²) in [4.78, 5) is 39.2. The minimum atomic E-state index is -0.925. The molecule has 0 fully saturated rings. The van der Waals surface area contributed by atoms with E-state index in [1.165, 1.54) is 16.7 Å². The van der Waals surface area contributed by atoms with Crippen LogP contribution in [0.1, 0.15) is 39.0 Å². The fraction of sp³-hybridized carbons (Fsp3) is 0.588. The largest absolute Gasteiger partial charge is 0.465 e. The Labute approximate surface area is 161 Å². The number of allylic oxidation sites excluding steroid dienone is 2. The number of amides is 2. The van der Waals surface area contributed by atoms with E-state index in [1.807, 2.05) is 16.9 Å². The monoisotopic (exact) mass is 397 g/mol. The third-order valence-electron chi connectivity index (χ3n) is 4.48. The van der Waals surface area contributed by atoms with Gasteiger partial charge in [-0.2, -0.15) is 0 Å². The van der Waals surface area contributed by atoms with E-state index in [2.05, 4.69) is 5.32 Å². The molecular weight excluding hydrogens is 374 g/mol. The number of esters is 1. The number of ether oxygens (including phenoxy) is 1. The summed E-state index contributed by atoms with van der Waals surface area (Å²) in [5.41, 5.74) is 1.03. The van der Waals surface area contributed by atoms with Crippen molar-refractivity contribution in [2.75, 3.05) is 19.4 Å². The van der Waals surface area contributed by atoms with Crippen LogP contribution in [0.2, 0.25) is 0 Å². The highest BCUT2D eigenvalue weighted by Crippen LogP contribution is 2.47. The molecule has 0 bridgehead atoms. The number of fused-ring (bicyclic) bond motifs is 2. The lowest BCUT2D eigenvalue weighted by Gasteiger charge is -2.36. The summed E-state index contributed by atoms with van der Waals surface area (Å²) in [6.45, 7) is 1.73. The van der Waals surface area contributed by atoms with E-state index < -0.39 is 17.8 Å². The van der Waals surface area contributed by atoms with Crippen LogP contribution in [-0.2, 0) is 19.1 Å². The normalized spacial score (nSPS) is 22.5. The zero-order valence-corrected chi connectivity index (χ0v) is 16.6. The van der Waals surface area contributed by atoms with Crippen molar-refractivity contribution >= 4 is 41.5 Å². The van der Waals surface area contributed by atoms with Crippen molar-refractivity contribution in [2.24, 2.45) is 5.92 Å². The molecule has 2 aliphatic heterocycles. The van der Waals surface area contributed by atoms with Crippen molar-refractivity contribution in [3.05, 3.63) is 21.7 Å². The Bertz CT molecular complexity index is 677. The van der Waals surface area contributed by atoms with Gasteiger partial charge in [0.2, 0.25) is 5.91 Å². The minimum absolute atomic E-state index is 0.232. The highest BCUT2D eigenvalue weighted by atomic mass is 32.2. The average molecular weight is 398 g/mol. The molecule has 1 N–H and O–H groups in total. The van der Waals surface area contributed by atoms with Gasteiger partial charge in [-0.25, -0.2) is 9.42 Å². The number of nitrogens with one attached hydrogen (secondary N) is 1. The second-order valence-corrected chi connectivity index (χ2v) is 8.09. The van der Waals surface area contributed by atoms with Gasteiger partial charge in [0.25, 0.3) is 5.91 Å². The summed E-state index contributed by atoms with van der Waals surface area (Å²) in [7, 11) is 0. The van der Waals surface area contributed by atoms with E-state index in [4.69, 9.17) is 4.74 Å². The second kappa shape index (κ2) is 8.39. The molecule has 2 heterocycles. The molecule has 3 rings (SSSR count). The zero-order valence-electron chi connectivity index (χ0n) is 14.9. The summed E-state index contributed by atoms with van der Waals surface area (Å²) in [5.74, 6) is -2.15. The van der Waals surface area contributed by atoms with Gasteiger partial charge >= 0.3 is 5.97 Å². The van der Waals surface area contributed by atoms with Crippen molar-refractivity contribution in [3.8, 4) is 0 Å². The van der Waals surface area contributed by atoms with E-state index in [-0.39, 0.29) is 19.1 Å². The molecule has 0 aromatic carbocycles. The smallest absolute Gasteiger partial charge is 0.325 e. The molecule has 142 valence electrons. The first-order valence-corrected chi connectivity index (χ1v) is 10.8. The number of rotatable bonds is 5. The SMILES string of the molecule is CCOC(=O)CNC(=O)C1C(=O)N2C3=C(CCCCC3)SN2C=C1SC.